The third kappa shape index (κ3) is 3.29. The number of aromatic nitrogens is 1. The maximum absolute atomic E-state index is 12.0. The van der Waals surface area contributed by atoms with Gasteiger partial charge < -0.3 is 19.4 Å². The highest BCUT2D eigenvalue weighted by Crippen LogP contribution is 2.31. The Bertz CT molecular complexity index is 634. The lowest BCUT2D eigenvalue weighted by molar-refractivity contribution is -0.122. The molecule has 2 rings (SSSR count). The lowest BCUT2D eigenvalue weighted by atomic mass is 10.2. The first-order chi connectivity index (χ1) is 10.1. The molecule has 0 fully saturated rings. The minimum absolute atomic E-state index is 0.00337. The van der Waals surface area contributed by atoms with Crippen LogP contribution in [-0.2, 0) is 11.3 Å². The highest BCUT2D eigenvalue weighted by Gasteiger charge is 2.12. The third-order valence-electron chi connectivity index (χ3n) is 3.61. The van der Waals surface area contributed by atoms with E-state index in [1.54, 1.807) is 14.2 Å². The zero-order chi connectivity index (χ0) is 15.4. The molecule has 0 aliphatic rings. The van der Waals surface area contributed by atoms with Crippen LogP contribution < -0.4 is 14.8 Å². The fraction of sp³-hybridized carbons (Fsp3) is 0.438. The standard InChI is InChI=1S/C16H22N2O3/c1-5-11(2)17-16(19)10-18-7-6-13-14(18)8-12(20-3)9-15(13)21-4/h6-9,11H,5,10H2,1-4H3,(H,17,19). The van der Waals surface area contributed by atoms with E-state index in [-0.39, 0.29) is 18.5 Å². The second kappa shape index (κ2) is 6.52. The number of nitrogens with one attached hydrogen (secondary N) is 1. The maximum atomic E-state index is 12.0. The predicted octanol–water partition coefficient (Wildman–Crippen LogP) is 2.57. The quantitative estimate of drug-likeness (QED) is 0.889. The average Bonchev–Trinajstić information content (AvgIpc) is 2.88. The number of fused-ring (bicyclic) bond motifs is 1. The van der Waals surface area contributed by atoms with Crippen molar-refractivity contribution >= 4 is 16.8 Å². The number of hydrogen-bond acceptors (Lipinski definition) is 3. The summed E-state index contributed by atoms with van der Waals surface area (Å²) in [5.74, 6) is 1.45. The fourth-order valence-electron chi connectivity index (χ4n) is 2.24. The molecule has 1 amide bonds. The Hall–Kier alpha value is -2.17. The van der Waals surface area contributed by atoms with Gasteiger partial charge >= 0.3 is 0 Å². The van der Waals surface area contributed by atoms with Crippen LogP contribution in [0.5, 0.6) is 11.5 Å². The molecule has 1 unspecified atom stereocenters. The molecule has 0 aliphatic carbocycles. The Balaban J connectivity index is 2.30. The van der Waals surface area contributed by atoms with E-state index in [1.807, 2.05) is 42.8 Å². The van der Waals surface area contributed by atoms with E-state index < -0.39 is 0 Å². The number of carbonyl (C=O) groups excluding carboxylic acids is 1. The van der Waals surface area contributed by atoms with Gasteiger partial charge in [0, 0.05) is 29.8 Å². The summed E-state index contributed by atoms with van der Waals surface area (Å²) in [5, 5.41) is 3.93. The van der Waals surface area contributed by atoms with Crippen molar-refractivity contribution in [3.8, 4) is 11.5 Å². The summed E-state index contributed by atoms with van der Waals surface area (Å²) in [5.41, 5.74) is 0.922. The van der Waals surface area contributed by atoms with Crippen molar-refractivity contribution in [2.75, 3.05) is 14.2 Å². The largest absolute Gasteiger partial charge is 0.497 e. The molecular formula is C16H22N2O3. The Morgan fingerprint density at radius 2 is 2.10 bits per heavy atom. The smallest absolute Gasteiger partial charge is 0.240 e. The minimum atomic E-state index is 0.00337. The lowest BCUT2D eigenvalue weighted by Gasteiger charge is -2.13. The first-order valence-corrected chi connectivity index (χ1v) is 7.09. The second-order valence-electron chi connectivity index (χ2n) is 5.08. The molecule has 1 heterocycles. The Morgan fingerprint density at radius 3 is 2.71 bits per heavy atom. The van der Waals surface area contributed by atoms with Crippen molar-refractivity contribution in [3.63, 3.8) is 0 Å². The summed E-state index contributed by atoms with van der Waals surface area (Å²) in [6.07, 6.45) is 2.81. The molecule has 5 nitrogen and oxygen atoms in total. The van der Waals surface area contributed by atoms with Crippen LogP contribution in [0, 0.1) is 0 Å². The van der Waals surface area contributed by atoms with E-state index in [2.05, 4.69) is 5.32 Å². The monoisotopic (exact) mass is 290 g/mol. The Labute approximate surface area is 124 Å². The van der Waals surface area contributed by atoms with Gasteiger partial charge in [-0.15, -0.1) is 0 Å². The molecule has 1 atom stereocenters. The van der Waals surface area contributed by atoms with Gasteiger partial charge in [0.15, 0.2) is 0 Å². The van der Waals surface area contributed by atoms with Gasteiger partial charge in [0.2, 0.25) is 5.91 Å². The van der Waals surface area contributed by atoms with Crippen molar-refractivity contribution in [1.82, 2.24) is 9.88 Å². The predicted molar refractivity (Wildman–Crippen MR) is 82.9 cm³/mol. The second-order valence-corrected chi connectivity index (χ2v) is 5.08. The number of amides is 1. The van der Waals surface area contributed by atoms with Gasteiger partial charge in [0.05, 0.1) is 19.7 Å². The normalized spacial score (nSPS) is 12.2. The van der Waals surface area contributed by atoms with E-state index in [9.17, 15) is 4.79 Å². The van der Waals surface area contributed by atoms with Gasteiger partial charge in [-0.3, -0.25) is 4.79 Å². The van der Waals surface area contributed by atoms with Gasteiger partial charge in [-0.2, -0.15) is 0 Å². The zero-order valence-electron chi connectivity index (χ0n) is 13.0. The molecule has 0 radical (unpaired) electrons. The van der Waals surface area contributed by atoms with E-state index in [4.69, 9.17) is 9.47 Å². The SMILES string of the molecule is CCC(C)NC(=O)Cn1ccc2c(OC)cc(OC)cc21. The van der Waals surface area contributed by atoms with Crippen LogP contribution in [0.2, 0.25) is 0 Å². The first kappa shape index (κ1) is 15.2. The molecule has 114 valence electrons. The molecule has 21 heavy (non-hydrogen) atoms. The number of hydrogen-bond donors (Lipinski definition) is 1. The van der Waals surface area contributed by atoms with E-state index in [1.165, 1.54) is 0 Å². The molecule has 0 spiro atoms. The molecule has 0 saturated heterocycles. The Kier molecular flexibility index (Phi) is 4.73. The number of carbonyl (C=O) groups is 1. The first-order valence-electron chi connectivity index (χ1n) is 7.09. The highest BCUT2D eigenvalue weighted by atomic mass is 16.5. The van der Waals surface area contributed by atoms with Crippen molar-refractivity contribution < 1.29 is 14.3 Å². The van der Waals surface area contributed by atoms with Crippen LogP contribution >= 0.6 is 0 Å². The number of ether oxygens (including phenoxy) is 2. The number of benzene rings is 1. The molecule has 1 N–H and O–H groups in total. The topological polar surface area (TPSA) is 52.5 Å². The number of methoxy groups -OCH3 is 2. The van der Waals surface area contributed by atoms with Crippen LogP contribution in [0.15, 0.2) is 24.4 Å². The molecule has 5 heteroatoms. The van der Waals surface area contributed by atoms with Crippen LogP contribution in [0.3, 0.4) is 0 Å². The van der Waals surface area contributed by atoms with Gasteiger partial charge in [-0.1, -0.05) is 6.92 Å². The van der Waals surface area contributed by atoms with Crippen molar-refractivity contribution in [2.45, 2.75) is 32.9 Å². The van der Waals surface area contributed by atoms with Crippen molar-refractivity contribution in [1.29, 1.82) is 0 Å². The molecule has 0 aliphatic heterocycles. The molecule has 1 aromatic heterocycles. The van der Waals surface area contributed by atoms with Crippen molar-refractivity contribution in [3.05, 3.63) is 24.4 Å². The van der Waals surface area contributed by atoms with Gasteiger partial charge in [-0.05, 0) is 19.4 Å². The third-order valence-corrected chi connectivity index (χ3v) is 3.61. The van der Waals surface area contributed by atoms with Crippen LogP contribution in [0.1, 0.15) is 20.3 Å². The van der Waals surface area contributed by atoms with Gasteiger partial charge in [0.1, 0.15) is 18.0 Å². The average molecular weight is 290 g/mol. The number of nitrogens with zero attached hydrogens (tertiary/aromatic N) is 1. The van der Waals surface area contributed by atoms with Gasteiger partial charge in [0.25, 0.3) is 0 Å². The fourth-order valence-corrected chi connectivity index (χ4v) is 2.24. The summed E-state index contributed by atoms with van der Waals surface area (Å²) in [7, 11) is 3.24. The van der Waals surface area contributed by atoms with Crippen LogP contribution in [0.4, 0.5) is 0 Å². The van der Waals surface area contributed by atoms with Gasteiger partial charge in [-0.25, -0.2) is 0 Å². The zero-order valence-corrected chi connectivity index (χ0v) is 13.0. The van der Waals surface area contributed by atoms with Crippen LogP contribution in [0.25, 0.3) is 10.9 Å². The van der Waals surface area contributed by atoms with Crippen molar-refractivity contribution in [2.24, 2.45) is 0 Å². The molecular weight excluding hydrogens is 268 g/mol. The summed E-state index contributed by atoms with van der Waals surface area (Å²) >= 11 is 0. The minimum Gasteiger partial charge on any atom is -0.497 e. The molecule has 0 saturated carbocycles. The van der Waals surface area contributed by atoms with E-state index >= 15 is 0 Å². The number of rotatable bonds is 6. The van der Waals surface area contributed by atoms with E-state index in [0.717, 1.165) is 23.1 Å². The lowest BCUT2D eigenvalue weighted by Crippen LogP contribution is -2.34. The highest BCUT2D eigenvalue weighted by molar-refractivity contribution is 5.89. The summed E-state index contributed by atoms with van der Waals surface area (Å²) in [6, 6.07) is 5.88. The molecule has 0 bridgehead atoms. The summed E-state index contributed by atoms with van der Waals surface area (Å²) in [6.45, 7) is 4.33. The van der Waals surface area contributed by atoms with Crippen LogP contribution in [-0.4, -0.2) is 30.7 Å². The molecule has 1 aromatic carbocycles. The molecule has 2 aromatic rings. The Morgan fingerprint density at radius 1 is 1.33 bits per heavy atom. The maximum Gasteiger partial charge on any atom is 0.240 e. The summed E-state index contributed by atoms with van der Waals surface area (Å²) < 4.78 is 12.6. The van der Waals surface area contributed by atoms with E-state index in [0.29, 0.717) is 5.75 Å². The summed E-state index contributed by atoms with van der Waals surface area (Å²) in [4.78, 5) is 12.0.